The van der Waals surface area contributed by atoms with Crippen LogP contribution in [-0.4, -0.2) is 11.1 Å². The van der Waals surface area contributed by atoms with Gasteiger partial charge in [0.1, 0.15) is 18.1 Å². The molecular formula is C20H19ClN2O3. The van der Waals surface area contributed by atoms with Crippen LogP contribution in [0.1, 0.15) is 40.3 Å². The average Bonchev–Trinajstić information content (AvgIpc) is 3.02. The quantitative estimate of drug-likeness (QED) is 0.682. The zero-order chi connectivity index (χ0) is 18.5. The van der Waals surface area contributed by atoms with E-state index in [0.717, 1.165) is 5.56 Å². The molecule has 0 aliphatic heterocycles. The molecule has 26 heavy (non-hydrogen) atoms. The van der Waals surface area contributed by atoms with Gasteiger partial charge in [0, 0.05) is 5.02 Å². The van der Waals surface area contributed by atoms with Crippen molar-refractivity contribution in [3.63, 3.8) is 0 Å². The van der Waals surface area contributed by atoms with Crippen molar-refractivity contribution < 1.29 is 14.1 Å². The Balaban J connectivity index is 1.70. The Labute approximate surface area is 156 Å². The van der Waals surface area contributed by atoms with Crippen LogP contribution in [0, 0.1) is 6.92 Å². The first-order chi connectivity index (χ1) is 12.5. The molecule has 0 radical (unpaired) electrons. The predicted octanol–water partition coefficient (Wildman–Crippen LogP) is 4.71. The van der Waals surface area contributed by atoms with Gasteiger partial charge in [-0.2, -0.15) is 0 Å². The lowest BCUT2D eigenvalue weighted by Gasteiger charge is -2.14. The highest BCUT2D eigenvalue weighted by molar-refractivity contribution is 6.30. The van der Waals surface area contributed by atoms with Gasteiger partial charge in [-0.05, 0) is 43.7 Å². The van der Waals surface area contributed by atoms with Crippen molar-refractivity contribution in [2.75, 3.05) is 0 Å². The standard InChI is InChI=1S/C20H19ClN2O3/c1-13(15-6-4-3-5-7-15)22-20(24)19-18(14(2)26-23-19)12-25-17-10-8-16(21)9-11-17/h3-11,13H,12H2,1-2H3,(H,22,24). The summed E-state index contributed by atoms with van der Waals surface area (Å²) in [6.07, 6.45) is 0. The van der Waals surface area contributed by atoms with Crippen molar-refractivity contribution in [3.8, 4) is 5.75 Å². The number of halogens is 1. The van der Waals surface area contributed by atoms with Gasteiger partial charge in [-0.25, -0.2) is 0 Å². The average molecular weight is 371 g/mol. The molecule has 1 heterocycles. The molecule has 0 aliphatic carbocycles. The van der Waals surface area contributed by atoms with Gasteiger partial charge in [0.05, 0.1) is 11.6 Å². The second kappa shape index (κ2) is 8.06. The smallest absolute Gasteiger partial charge is 0.274 e. The van der Waals surface area contributed by atoms with Crippen LogP contribution in [-0.2, 0) is 6.61 Å². The molecule has 3 rings (SSSR count). The number of benzene rings is 2. The third-order valence-electron chi connectivity index (χ3n) is 4.04. The van der Waals surface area contributed by atoms with E-state index in [4.69, 9.17) is 20.9 Å². The molecule has 0 spiro atoms. The largest absolute Gasteiger partial charge is 0.489 e. The number of rotatable bonds is 6. The van der Waals surface area contributed by atoms with E-state index in [1.165, 1.54) is 0 Å². The Hall–Kier alpha value is -2.79. The number of aromatic nitrogens is 1. The second-order valence-electron chi connectivity index (χ2n) is 5.91. The van der Waals surface area contributed by atoms with E-state index in [0.29, 0.717) is 22.1 Å². The molecule has 5 nitrogen and oxygen atoms in total. The fourth-order valence-electron chi connectivity index (χ4n) is 2.52. The van der Waals surface area contributed by atoms with E-state index < -0.39 is 0 Å². The summed E-state index contributed by atoms with van der Waals surface area (Å²) in [7, 11) is 0. The van der Waals surface area contributed by atoms with E-state index >= 15 is 0 Å². The number of ether oxygens (including phenoxy) is 1. The van der Waals surface area contributed by atoms with Crippen LogP contribution in [0.5, 0.6) is 5.75 Å². The molecule has 0 saturated carbocycles. The Morgan fingerprint density at radius 1 is 1.19 bits per heavy atom. The zero-order valence-electron chi connectivity index (χ0n) is 14.5. The molecule has 0 bridgehead atoms. The van der Waals surface area contributed by atoms with Gasteiger partial charge in [0.25, 0.3) is 5.91 Å². The minimum atomic E-state index is -0.298. The Kier molecular flexibility index (Phi) is 5.58. The second-order valence-corrected chi connectivity index (χ2v) is 6.35. The van der Waals surface area contributed by atoms with Crippen LogP contribution in [0.4, 0.5) is 0 Å². The fraction of sp³-hybridized carbons (Fsp3) is 0.200. The molecule has 6 heteroatoms. The van der Waals surface area contributed by atoms with E-state index in [9.17, 15) is 4.79 Å². The lowest BCUT2D eigenvalue weighted by molar-refractivity contribution is 0.0928. The summed E-state index contributed by atoms with van der Waals surface area (Å²) in [5.74, 6) is 0.906. The Morgan fingerprint density at radius 3 is 2.58 bits per heavy atom. The molecule has 0 aliphatic rings. The van der Waals surface area contributed by atoms with Crippen molar-refractivity contribution in [1.82, 2.24) is 10.5 Å². The highest BCUT2D eigenvalue weighted by Gasteiger charge is 2.22. The number of carbonyl (C=O) groups excluding carboxylic acids is 1. The van der Waals surface area contributed by atoms with Crippen molar-refractivity contribution in [3.05, 3.63) is 82.2 Å². The Bertz CT molecular complexity index is 876. The molecular weight excluding hydrogens is 352 g/mol. The van der Waals surface area contributed by atoms with Gasteiger partial charge in [-0.15, -0.1) is 0 Å². The third-order valence-corrected chi connectivity index (χ3v) is 4.30. The topological polar surface area (TPSA) is 64.4 Å². The Morgan fingerprint density at radius 2 is 1.88 bits per heavy atom. The summed E-state index contributed by atoms with van der Waals surface area (Å²) in [4.78, 5) is 12.6. The summed E-state index contributed by atoms with van der Waals surface area (Å²) in [6, 6.07) is 16.6. The summed E-state index contributed by atoms with van der Waals surface area (Å²) in [5.41, 5.74) is 1.87. The van der Waals surface area contributed by atoms with Crippen LogP contribution in [0.15, 0.2) is 59.1 Å². The number of carbonyl (C=O) groups is 1. The zero-order valence-corrected chi connectivity index (χ0v) is 15.3. The summed E-state index contributed by atoms with van der Waals surface area (Å²) in [6.45, 7) is 3.86. The van der Waals surface area contributed by atoms with Crippen molar-refractivity contribution in [1.29, 1.82) is 0 Å². The lowest BCUT2D eigenvalue weighted by Crippen LogP contribution is -2.28. The molecule has 134 valence electrons. The molecule has 0 saturated heterocycles. The maximum atomic E-state index is 12.6. The van der Waals surface area contributed by atoms with Gasteiger partial charge < -0.3 is 14.6 Å². The van der Waals surface area contributed by atoms with Crippen LogP contribution >= 0.6 is 11.6 Å². The number of hydrogen-bond acceptors (Lipinski definition) is 4. The first kappa shape index (κ1) is 18.0. The van der Waals surface area contributed by atoms with Gasteiger partial charge in [-0.1, -0.05) is 47.1 Å². The van der Waals surface area contributed by atoms with E-state index in [-0.39, 0.29) is 24.2 Å². The summed E-state index contributed by atoms with van der Waals surface area (Å²) in [5, 5.41) is 7.47. The van der Waals surface area contributed by atoms with Crippen molar-refractivity contribution >= 4 is 17.5 Å². The van der Waals surface area contributed by atoms with Gasteiger partial charge in [0.2, 0.25) is 0 Å². The molecule has 2 aromatic carbocycles. The first-order valence-electron chi connectivity index (χ1n) is 8.24. The van der Waals surface area contributed by atoms with Crippen LogP contribution in [0.25, 0.3) is 0 Å². The van der Waals surface area contributed by atoms with Crippen LogP contribution in [0.2, 0.25) is 5.02 Å². The normalized spacial score (nSPS) is 11.8. The number of amides is 1. The summed E-state index contributed by atoms with van der Waals surface area (Å²) >= 11 is 5.87. The minimum Gasteiger partial charge on any atom is -0.489 e. The first-order valence-corrected chi connectivity index (χ1v) is 8.61. The number of aryl methyl sites for hydroxylation is 1. The molecule has 1 atom stereocenters. The van der Waals surface area contributed by atoms with Gasteiger partial charge >= 0.3 is 0 Å². The van der Waals surface area contributed by atoms with E-state index in [2.05, 4.69) is 10.5 Å². The molecule has 0 fully saturated rings. The van der Waals surface area contributed by atoms with Crippen molar-refractivity contribution in [2.45, 2.75) is 26.5 Å². The SMILES string of the molecule is Cc1onc(C(=O)NC(C)c2ccccc2)c1COc1ccc(Cl)cc1. The van der Waals surface area contributed by atoms with E-state index in [1.807, 2.05) is 37.3 Å². The third kappa shape index (κ3) is 4.24. The monoisotopic (exact) mass is 370 g/mol. The van der Waals surface area contributed by atoms with Gasteiger partial charge in [0.15, 0.2) is 5.69 Å². The number of hydrogen-bond donors (Lipinski definition) is 1. The fourth-order valence-corrected chi connectivity index (χ4v) is 2.64. The highest BCUT2D eigenvalue weighted by atomic mass is 35.5. The maximum Gasteiger partial charge on any atom is 0.274 e. The molecule has 1 aromatic heterocycles. The summed E-state index contributed by atoms with van der Waals surface area (Å²) < 4.78 is 10.9. The van der Waals surface area contributed by atoms with Crippen LogP contribution < -0.4 is 10.1 Å². The molecule has 1 amide bonds. The molecule has 1 unspecified atom stereocenters. The van der Waals surface area contributed by atoms with Crippen LogP contribution in [0.3, 0.4) is 0 Å². The number of nitrogens with one attached hydrogen (secondary N) is 1. The van der Waals surface area contributed by atoms with Gasteiger partial charge in [-0.3, -0.25) is 4.79 Å². The predicted molar refractivity (Wildman–Crippen MR) is 99.3 cm³/mol. The molecule has 1 N–H and O–H groups in total. The number of nitrogens with zero attached hydrogens (tertiary/aromatic N) is 1. The van der Waals surface area contributed by atoms with E-state index in [1.54, 1.807) is 31.2 Å². The molecule has 3 aromatic rings. The van der Waals surface area contributed by atoms with Crippen molar-refractivity contribution in [2.24, 2.45) is 0 Å². The minimum absolute atomic E-state index is 0.147. The maximum absolute atomic E-state index is 12.6. The highest BCUT2D eigenvalue weighted by Crippen LogP contribution is 2.20. The lowest BCUT2D eigenvalue weighted by atomic mass is 10.1.